The number of likely N-dealkylation sites (N-methyl/N-ethyl adjacent to an activating group) is 1. The maximum atomic E-state index is 4.12. The van der Waals surface area contributed by atoms with E-state index in [0.29, 0.717) is 6.04 Å². The second-order valence-corrected chi connectivity index (χ2v) is 5.18. The van der Waals surface area contributed by atoms with Gasteiger partial charge in [0, 0.05) is 25.7 Å². The van der Waals surface area contributed by atoms with Crippen molar-refractivity contribution in [2.24, 2.45) is 0 Å². The van der Waals surface area contributed by atoms with Gasteiger partial charge >= 0.3 is 0 Å². The number of hydrogen-bond acceptors (Lipinski definition) is 5. The van der Waals surface area contributed by atoms with Crippen LogP contribution in [0.5, 0.6) is 0 Å². The second-order valence-electron chi connectivity index (χ2n) is 4.34. The zero-order valence-electron chi connectivity index (χ0n) is 10.7. The van der Waals surface area contributed by atoms with Crippen LogP contribution in [0.25, 0.3) is 0 Å². The van der Waals surface area contributed by atoms with E-state index in [9.17, 15) is 0 Å². The molecule has 0 saturated carbocycles. The van der Waals surface area contributed by atoms with Gasteiger partial charge < -0.3 is 5.32 Å². The molecule has 1 heterocycles. The Morgan fingerprint density at radius 2 is 2.19 bits per heavy atom. The number of rotatable bonds is 7. The summed E-state index contributed by atoms with van der Waals surface area (Å²) < 4.78 is 4.00. The van der Waals surface area contributed by atoms with Gasteiger partial charge in [0.2, 0.25) is 0 Å². The molecule has 0 aliphatic heterocycles. The molecule has 0 fully saturated rings. The van der Waals surface area contributed by atoms with Crippen molar-refractivity contribution in [3.63, 3.8) is 0 Å². The number of aromatic nitrogens is 2. The molecule has 0 aliphatic rings. The number of nitrogens with zero attached hydrogens (tertiary/aromatic N) is 3. The summed E-state index contributed by atoms with van der Waals surface area (Å²) in [6, 6.07) is 0.560. The molecule has 4 nitrogen and oxygen atoms in total. The van der Waals surface area contributed by atoms with Crippen molar-refractivity contribution in [1.82, 2.24) is 19.8 Å². The Labute approximate surface area is 102 Å². The van der Waals surface area contributed by atoms with Crippen LogP contribution in [0.3, 0.4) is 0 Å². The molecule has 0 spiro atoms. The predicted molar refractivity (Wildman–Crippen MR) is 68.8 cm³/mol. The Kier molecular flexibility index (Phi) is 5.87. The van der Waals surface area contributed by atoms with Gasteiger partial charge in [0.15, 0.2) is 0 Å². The largest absolute Gasteiger partial charge is 0.313 e. The van der Waals surface area contributed by atoms with E-state index >= 15 is 0 Å². The fourth-order valence-electron chi connectivity index (χ4n) is 1.48. The highest BCUT2D eigenvalue weighted by atomic mass is 32.1. The smallest absolute Gasteiger partial charge is 0.0798 e. The molecule has 0 saturated heterocycles. The lowest BCUT2D eigenvalue weighted by molar-refractivity contribution is 0.321. The van der Waals surface area contributed by atoms with Gasteiger partial charge in [-0.15, -0.1) is 5.10 Å². The van der Waals surface area contributed by atoms with Crippen molar-refractivity contribution >= 4 is 11.5 Å². The minimum Gasteiger partial charge on any atom is -0.313 e. The molecule has 0 atom stereocenters. The topological polar surface area (TPSA) is 41.1 Å². The van der Waals surface area contributed by atoms with Crippen molar-refractivity contribution in [3.8, 4) is 0 Å². The first-order valence-corrected chi connectivity index (χ1v) is 6.62. The summed E-state index contributed by atoms with van der Waals surface area (Å²) in [6.07, 6.45) is 0.976. The van der Waals surface area contributed by atoms with Crippen molar-refractivity contribution in [2.75, 3.05) is 20.1 Å². The third-order valence-electron chi connectivity index (χ3n) is 2.43. The number of aryl methyl sites for hydroxylation is 1. The molecule has 0 unspecified atom stereocenters. The van der Waals surface area contributed by atoms with Crippen LogP contribution in [-0.4, -0.2) is 40.7 Å². The Balaban J connectivity index is 2.31. The molecule has 0 aromatic carbocycles. The molecular weight excluding hydrogens is 220 g/mol. The van der Waals surface area contributed by atoms with Gasteiger partial charge in [-0.1, -0.05) is 25.3 Å². The average molecular weight is 242 g/mol. The number of nitrogens with one attached hydrogen (secondary N) is 1. The highest BCUT2D eigenvalue weighted by Gasteiger charge is 2.08. The van der Waals surface area contributed by atoms with E-state index in [4.69, 9.17) is 0 Å². The van der Waals surface area contributed by atoms with Gasteiger partial charge in [-0.05, 0) is 25.0 Å². The predicted octanol–water partition coefficient (Wildman–Crippen LogP) is 1.53. The molecule has 0 bridgehead atoms. The van der Waals surface area contributed by atoms with E-state index in [1.807, 2.05) is 0 Å². The summed E-state index contributed by atoms with van der Waals surface area (Å²) in [6.45, 7) is 9.51. The lowest BCUT2D eigenvalue weighted by atomic mass is 10.3. The van der Waals surface area contributed by atoms with Crippen LogP contribution in [0.1, 0.15) is 31.3 Å². The van der Waals surface area contributed by atoms with Crippen LogP contribution in [0.2, 0.25) is 0 Å². The Morgan fingerprint density at radius 3 is 2.81 bits per heavy atom. The summed E-state index contributed by atoms with van der Waals surface area (Å²) in [5.41, 5.74) is 1.15. The molecule has 16 heavy (non-hydrogen) atoms. The van der Waals surface area contributed by atoms with Crippen molar-refractivity contribution in [1.29, 1.82) is 0 Å². The van der Waals surface area contributed by atoms with Crippen LogP contribution < -0.4 is 5.32 Å². The Hall–Kier alpha value is -0.520. The van der Waals surface area contributed by atoms with Crippen molar-refractivity contribution < 1.29 is 0 Å². The third-order valence-corrected chi connectivity index (χ3v) is 3.18. The molecule has 1 aromatic heterocycles. The summed E-state index contributed by atoms with van der Waals surface area (Å²) in [5.74, 6) is 0. The van der Waals surface area contributed by atoms with Gasteiger partial charge in [-0.3, -0.25) is 4.90 Å². The lowest BCUT2D eigenvalue weighted by Crippen LogP contribution is -2.32. The van der Waals surface area contributed by atoms with E-state index in [1.54, 1.807) is 0 Å². The fraction of sp³-hybridized carbons (Fsp3) is 0.818. The highest BCUT2D eigenvalue weighted by Crippen LogP contribution is 2.12. The summed E-state index contributed by atoms with van der Waals surface area (Å²) >= 11 is 1.52. The van der Waals surface area contributed by atoms with Crippen LogP contribution >= 0.6 is 11.5 Å². The van der Waals surface area contributed by atoms with E-state index in [-0.39, 0.29) is 0 Å². The number of hydrogen-bond donors (Lipinski definition) is 1. The highest BCUT2D eigenvalue weighted by molar-refractivity contribution is 7.05. The zero-order valence-corrected chi connectivity index (χ0v) is 11.5. The van der Waals surface area contributed by atoms with Gasteiger partial charge in [-0.25, -0.2) is 0 Å². The Morgan fingerprint density at radius 1 is 1.44 bits per heavy atom. The molecule has 1 N–H and O–H groups in total. The molecule has 92 valence electrons. The Bertz CT molecular complexity index is 298. The monoisotopic (exact) mass is 242 g/mol. The van der Waals surface area contributed by atoms with Gasteiger partial charge in [-0.2, -0.15) is 0 Å². The normalized spacial score (nSPS) is 11.6. The molecular formula is C11H22N4S. The van der Waals surface area contributed by atoms with Crippen LogP contribution in [0.4, 0.5) is 0 Å². The molecule has 1 rings (SSSR count). The van der Waals surface area contributed by atoms with E-state index < -0.39 is 0 Å². The second kappa shape index (κ2) is 6.93. The fourth-order valence-corrected chi connectivity index (χ4v) is 2.29. The standard InChI is InChI=1S/C11H22N4S/c1-5-10-11(16-14-13-10)8-15(4)7-6-12-9(2)3/h9,12H,5-8H2,1-4H3. The van der Waals surface area contributed by atoms with Crippen LogP contribution in [0.15, 0.2) is 0 Å². The van der Waals surface area contributed by atoms with Crippen LogP contribution in [-0.2, 0) is 13.0 Å². The third kappa shape index (κ3) is 4.55. The van der Waals surface area contributed by atoms with E-state index in [1.165, 1.54) is 16.4 Å². The summed E-state index contributed by atoms with van der Waals surface area (Å²) in [7, 11) is 2.14. The average Bonchev–Trinajstić information content (AvgIpc) is 2.64. The first-order chi connectivity index (χ1) is 7.63. The molecule has 1 aromatic rings. The van der Waals surface area contributed by atoms with E-state index in [0.717, 1.165) is 31.7 Å². The summed E-state index contributed by atoms with van der Waals surface area (Å²) in [5, 5.41) is 7.54. The first-order valence-electron chi connectivity index (χ1n) is 5.85. The minimum atomic E-state index is 0.560. The molecule has 0 aliphatic carbocycles. The quantitative estimate of drug-likeness (QED) is 0.787. The maximum Gasteiger partial charge on any atom is 0.0798 e. The first kappa shape index (κ1) is 13.5. The zero-order chi connectivity index (χ0) is 12.0. The van der Waals surface area contributed by atoms with Gasteiger partial charge in [0.1, 0.15) is 0 Å². The van der Waals surface area contributed by atoms with Crippen LogP contribution in [0, 0.1) is 0 Å². The minimum absolute atomic E-state index is 0.560. The summed E-state index contributed by atoms with van der Waals surface area (Å²) in [4.78, 5) is 3.61. The lowest BCUT2D eigenvalue weighted by Gasteiger charge is -2.17. The molecule has 0 amide bonds. The molecule has 5 heteroatoms. The SMILES string of the molecule is CCc1nnsc1CN(C)CCNC(C)C. The van der Waals surface area contributed by atoms with Crippen molar-refractivity contribution in [2.45, 2.75) is 39.8 Å². The molecule has 0 radical (unpaired) electrons. The van der Waals surface area contributed by atoms with Gasteiger partial charge in [0.05, 0.1) is 10.6 Å². The van der Waals surface area contributed by atoms with E-state index in [2.05, 4.69) is 47.6 Å². The maximum absolute atomic E-state index is 4.12. The van der Waals surface area contributed by atoms with Gasteiger partial charge in [0.25, 0.3) is 0 Å². The van der Waals surface area contributed by atoms with Crippen molar-refractivity contribution in [3.05, 3.63) is 10.6 Å².